The molecule has 1 aliphatic rings. The molecule has 0 spiro atoms. The van der Waals surface area contributed by atoms with E-state index < -0.39 is 0 Å². The predicted molar refractivity (Wildman–Crippen MR) is 76.5 cm³/mol. The standard InChI is InChI=1S/C14H24N4O/c1-3-8-16-13-9-14(18-10-17-13)19-12-6-4-11(15-2)5-7-12/h9-12,15H,3-8H2,1-2H3,(H,16,17,18)/t11-,12+. The number of hydrogen-bond donors (Lipinski definition) is 2. The fourth-order valence-electron chi connectivity index (χ4n) is 2.39. The van der Waals surface area contributed by atoms with Crippen molar-refractivity contribution in [2.75, 3.05) is 18.9 Å². The molecule has 106 valence electrons. The van der Waals surface area contributed by atoms with Gasteiger partial charge >= 0.3 is 0 Å². The molecule has 1 aromatic rings. The molecule has 5 heteroatoms. The van der Waals surface area contributed by atoms with E-state index in [9.17, 15) is 0 Å². The molecular weight excluding hydrogens is 240 g/mol. The Morgan fingerprint density at radius 1 is 1.26 bits per heavy atom. The minimum absolute atomic E-state index is 0.290. The first-order chi connectivity index (χ1) is 9.31. The fraction of sp³-hybridized carbons (Fsp3) is 0.714. The molecule has 1 fully saturated rings. The van der Waals surface area contributed by atoms with E-state index in [4.69, 9.17) is 4.74 Å². The summed E-state index contributed by atoms with van der Waals surface area (Å²) in [5, 5.41) is 6.58. The van der Waals surface area contributed by atoms with Crippen LogP contribution in [-0.2, 0) is 0 Å². The van der Waals surface area contributed by atoms with E-state index in [1.54, 1.807) is 6.33 Å². The van der Waals surface area contributed by atoms with Gasteiger partial charge in [0.1, 0.15) is 18.2 Å². The van der Waals surface area contributed by atoms with Gasteiger partial charge < -0.3 is 15.4 Å². The van der Waals surface area contributed by atoms with Crippen LogP contribution in [0.4, 0.5) is 5.82 Å². The summed E-state index contributed by atoms with van der Waals surface area (Å²) in [5.41, 5.74) is 0. The lowest BCUT2D eigenvalue weighted by atomic mass is 9.93. The fourth-order valence-corrected chi connectivity index (χ4v) is 2.39. The zero-order valence-electron chi connectivity index (χ0n) is 11.9. The van der Waals surface area contributed by atoms with Gasteiger partial charge in [-0.3, -0.25) is 0 Å². The van der Waals surface area contributed by atoms with Crippen LogP contribution in [0.3, 0.4) is 0 Å². The van der Waals surface area contributed by atoms with Gasteiger partial charge in [-0.2, -0.15) is 0 Å². The third-order valence-electron chi connectivity index (χ3n) is 3.57. The Morgan fingerprint density at radius 3 is 2.74 bits per heavy atom. The van der Waals surface area contributed by atoms with E-state index >= 15 is 0 Å². The van der Waals surface area contributed by atoms with E-state index in [-0.39, 0.29) is 0 Å². The van der Waals surface area contributed by atoms with Crippen LogP contribution in [0.2, 0.25) is 0 Å². The van der Waals surface area contributed by atoms with Gasteiger partial charge in [0.15, 0.2) is 0 Å². The number of anilines is 1. The van der Waals surface area contributed by atoms with Crippen molar-refractivity contribution in [3.05, 3.63) is 12.4 Å². The molecule has 0 bridgehead atoms. The minimum Gasteiger partial charge on any atom is -0.474 e. The molecule has 2 N–H and O–H groups in total. The predicted octanol–water partition coefficient (Wildman–Crippen LogP) is 2.21. The van der Waals surface area contributed by atoms with Crippen LogP contribution < -0.4 is 15.4 Å². The largest absolute Gasteiger partial charge is 0.474 e. The lowest BCUT2D eigenvalue weighted by Gasteiger charge is -2.28. The molecule has 0 aromatic carbocycles. The second-order valence-electron chi connectivity index (χ2n) is 5.05. The molecule has 0 aliphatic heterocycles. The average molecular weight is 264 g/mol. The van der Waals surface area contributed by atoms with Gasteiger partial charge in [0, 0.05) is 18.7 Å². The summed E-state index contributed by atoms with van der Waals surface area (Å²) in [6.45, 7) is 3.05. The summed E-state index contributed by atoms with van der Waals surface area (Å²) in [6, 6.07) is 2.53. The van der Waals surface area contributed by atoms with E-state index in [2.05, 4.69) is 27.5 Å². The SMILES string of the molecule is CCCNc1cc(O[C@H]2CC[C@@H](NC)CC2)ncn1. The van der Waals surface area contributed by atoms with Crippen LogP contribution >= 0.6 is 0 Å². The molecule has 0 amide bonds. The lowest BCUT2D eigenvalue weighted by molar-refractivity contribution is 0.136. The maximum absolute atomic E-state index is 5.95. The van der Waals surface area contributed by atoms with E-state index in [1.807, 2.05) is 13.1 Å². The molecule has 0 saturated heterocycles. The Hall–Kier alpha value is -1.36. The smallest absolute Gasteiger partial charge is 0.218 e. The summed E-state index contributed by atoms with van der Waals surface area (Å²) in [5.74, 6) is 1.53. The molecule has 1 aromatic heterocycles. The molecule has 5 nitrogen and oxygen atoms in total. The van der Waals surface area contributed by atoms with Crippen molar-refractivity contribution in [1.29, 1.82) is 0 Å². The Balaban J connectivity index is 1.85. The Bertz CT molecular complexity index is 377. The first kappa shape index (κ1) is 14.1. The van der Waals surface area contributed by atoms with Crippen LogP contribution in [0.15, 0.2) is 12.4 Å². The third kappa shape index (κ3) is 4.35. The number of nitrogens with one attached hydrogen (secondary N) is 2. The normalized spacial score (nSPS) is 23.1. The highest BCUT2D eigenvalue weighted by molar-refractivity contribution is 5.36. The molecule has 2 rings (SSSR count). The Labute approximate surface area is 115 Å². The molecular formula is C14H24N4O. The third-order valence-corrected chi connectivity index (χ3v) is 3.57. The van der Waals surface area contributed by atoms with E-state index in [0.29, 0.717) is 18.0 Å². The van der Waals surface area contributed by atoms with Crippen LogP contribution in [0.25, 0.3) is 0 Å². The number of nitrogens with zero attached hydrogens (tertiary/aromatic N) is 2. The number of hydrogen-bond acceptors (Lipinski definition) is 5. The van der Waals surface area contributed by atoms with E-state index in [0.717, 1.165) is 31.6 Å². The van der Waals surface area contributed by atoms with Crippen molar-refractivity contribution in [3.63, 3.8) is 0 Å². The molecule has 19 heavy (non-hydrogen) atoms. The molecule has 0 radical (unpaired) electrons. The van der Waals surface area contributed by atoms with E-state index in [1.165, 1.54) is 12.8 Å². The second kappa shape index (κ2) is 7.28. The Kier molecular flexibility index (Phi) is 5.39. The highest BCUT2D eigenvalue weighted by Gasteiger charge is 2.21. The molecule has 1 heterocycles. The zero-order valence-corrected chi connectivity index (χ0v) is 11.9. The first-order valence-electron chi connectivity index (χ1n) is 7.21. The van der Waals surface area contributed by atoms with Gasteiger partial charge in [-0.1, -0.05) is 6.92 Å². The average Bonchev–Trinajstić information content (AvgIpc) is 2.46. The van der Waals surface area contributed by atoms with Gasteiger partial charge in [-0.25, -0.2) is 9.97 Å². The molecule has 1 aliphatic carbocycles. The van der Waals surface area contributed by atoms with Gasteiger partial charge in [-0.15, -0.1) is 0 Å². The monoisotopic (exact) mass is 264 g/mol. The van der Waals surface area contributed by atoms with Crippen LogP contribution in [-0.4, -0.2) is 35.7 Å². The summed E-state index contributed by atoms with van der Waals surface area (Å²) in [7, 11) is 2.03. The number of rotatable bonds is 6. The van der Waals surface area contributed by atoms with Crippen LogP contribution in [0.1, 0.15) is 39.0 Å². The van der Waals surface area contributed by atoms with Crippen molar-refractivity contribution < 1.29 is 4.74 Å². The van der Waals surface area contributed by atoms with Crippen LogP contribution in [0.5, 0.6) is 5.88 Å². The summed E-state index contributed by atoms with van der Waals surface area (Å²) in [6.07, 6.45) is 7.46. The van der Waals surface area contributed by atoms with Crippen molar-refractivity contribution in [3.8, 4) is 5.88 Å². The first-order valence-corrected chi connectivity index (χ1v) is 7.21. The van der Waals surface area contributed by atoms with Gasteiger partial charge in [-0.05, 0) is 39.2 Å². The lowest BCUT2D eigenvalue weighted by Crippen LogP contribution is -2.34. The highest BCUT2D eigenvalue weighted by atomic mass is 16.5. The number of ether oxygens (including phenoxy) is 1. The van der Waals surface area contributed by atoms with Gasteiger partial charge in [0.05, 0.1) is 0 Å². The van der Waals surface area contributed by atoms with Crippen molar-refractivity contribution in [2.24, 2.45) is 0 Å². The molecule has 1 saturated carbocycles. The topological polar surface area (TPSA) is 59.1 Å². The molecule has 0 atom stereocenters. The number of aromatic nitrogens is 2. The second-order valence-corrected chi connectivity index (χ2v) is 5.05. The van der Waals surface area contributed by atoms with Crippen molar-refractivity contribution in [1.82, 2.24) is 15.3 Å². The van der Waals surface area contributed by atoms with Crippen molar-refractivity contribution >= 4 is 5.82 Å². The van der Waals surface area contributed by atoms with Crippen molar-refractivity contribution in [2.45, 2.75) is 51.2 Å². The minimum atomic E-state index is 0.290. The summed E-state index contributed by atoms with van der Waals surface area (Å²) in [4.78, 5) is 8.37. The van der Waals surface area contributed by atoms with Crippen LogP contribution in [0, 0.1) is 0 Å². The maximum Gasteiger partial charge on any atom is 0.218 e. The maximum atomic E-state index is 5.95. The van der Waals surface area contributed by atoms with Gasteiger partial charge in [0.2, 0.25) is 5.88 Å². The quantitative estimate of drug-likeness (QED) is 0.825. The molecule has 0 unspecified atom stereocenters. The summed E-state index contributed by atoms with van der Waals surface area (Å²) < 4.78 is 5.95. The van der Waals surface area contributed by atoms with Gasteiger partial charge in [0.25, 0.3) is 0 Å². The summed E-state index contributed by atoms with van der Waals surface area (Å²) >= 11 is 0. The Morgan fingerprint density at radius 2 is 2.05 bits per heavy atom. The highest BCUT2D eigenvalue weighted by Crippen LogP contribution is 2.23. The zero-order chi connectivity index (χ0) is 13.5.